The van der Waals surface area contributed by atoms with Crippen LogP contribution in [0.25, 0.3) is 20.3 Å². The summed E-state index contributed by atoms with van der Waals surface area (Å²) in [5.74, 6) is -0.272. The lowest BCUT2D eigenvalue weighted by Crippen LogP contribution is -2.27. The van der Waals surface area contributed by atoms with Crippen LogP contribution in [0, 0.1) is 0 Å². The fourth-order valence-electron chi connectivity index (χ4n) is 2.62. The van der Waals surface area contributed by atoms with Gasteiger partial charge in [-0.3, -0.25) is 14.2 Å². The van der Waals surface area contributed by atoms with E-state index in [1.807, 2.05) is 36.4 Å². The van der Waals surface area contributed by atoms with Crippen LogP contribution < -0.4 is 10.9 Å². The first kappa shape index (κ1) is 16.0. The van der Waals surface area contributed by atoms with Crippen LogP contribution in [0.4, 0.5) is 5.69 Å². The molecular formula is C18H12BrN3O2S. The van der Waals surface area contributed by atoms with Crippen molar-refractivity contribution >= 4 is 59.2 Å². The highest BCUT2D eigenvalue weighted by Gasteiger charge is 2.13. The summed E-state index contributed by atoms with van der Waals surface area (Å²) >= 11 is 4.75. The van der Waals surface area contributed by atoms with Crippen molar-refractivity contribution in [3.63, 3.8) is 0 Å². The number of carbonyl (C=O) groups is 1. The van der Waals surface area contributed by atoms with Crippen LogP contribution in [-0.2, 0) is 11.3 Å². The predicted octanol–water partition coefficient (Wildman–Crippen LogP) is 4.01. The number of nitrogens with zero attached hydrogens (tertiary/aromatic N) is 2. The lowest BCUT2D eigenvalue weighted by Gasteiger charge is -2.07. The number of amides is 1. The Labute approximate surface area is 155 Å². The molecule has 0 aliphatic rings. The average Bonchev–Trinajstić information content (AvgIpc) is 2.99. The quantitative estimate of drug-likeness (QED) is 0.551. The van der Waals surface area contributed by atoms with E-state index < -0.39 is 0 Å². The maximum Gasteiger partial charge on any atom is 0.271 e. The van der Waals surface area contributed by atoms with Gasteiger partial charge in [-0.25, -0.2) is 4.98 Å². The molecule has 0 saturated carbocycles. The van der Waals surface area contributed by atoms with Gasteiger partial charge in [-0.05, 0) is 30.3 Å². The second kappa shape index (κ2) is 6.42. The summed E-state index contributed by atoms with van der Waals surface area (Å²) in [5.41, 5.74) is 1.17. The van der Waals surface area contributed by atoms with Gasteiger partial charge < -0.3 is 5.32 Å². The van der Waals surface area contributed by atoms with Gasteiger partial charge in [0.15, 0.2) is 0 Å². The van der Waals surface area contributed by atoms with E-state index in [0.717, 1.165) is 14.6 Å². The van der Waals surface area contributed by atoms with Gasteiger partial charge in [0.05, 0.1) is 11.8 Å². The molecule has 0 bridgehead atoms. The Bertz CT molecular complexity index is 1150. The number of rotatable bonds is 3. The number of hydrogen-bond acceptors (Lipinski definition) is 4. The number of nitrogens with one attached hydrogen (secondary N) is 1. The molecule has 0 radical (unpaired) electrons. The van der Waals surface area contributed by atoms with Crippen molar-refractivity contribution in [3.8, 4) is 0 Å². The van der Waals surface area contributed by atoms with Crippen LogP contribution in [0.2, 0.25) is 0 Å². The van der Waals surface area contributed by atoms with E-state index in [2.05, 4.69) is 26.2 Å². The van der Waals surface area contributed by atoms with E-state index in [9.17, 15) is 9.59 Å². The van der Waals surface area contributed by atoms with Crippen molar-refractivity contribution in [3.05, 3.63) is 69.7 Å². The summed E-state index contributed by atoms with van der Waals surface area (Å²) in [4.78, 5) is 29.3. The highest BCUT2D eigenvalue weighted by atomic mass is 79.9. The summed E-state index contributed by atoms with van der Waals surface area (Å²) in [5, 5.41) is 3.74. The van der Waals surface area contributed by atoms with Crippen molar-refractivity contribution in [2.24, 2.45) is 0 Å². The zero-order valence-corrected chi connectivity index (χ0v) is 15.3. The number of aromatic nitrogens is 2. The monoisotopic (exact) mass is 413 g/mol. The number of benzene rings is 2. The predicted molar refractivity (Wildman–Crippen MR) is 104 cm³/mol. The van der Waals surface area contributed by atoms with E-state index in [1.54, 1.807) is 12.1 Å². The zero-order valence-electron chi connectivity index (χ0n) is 12.9. The molecule has 0 aliphatic heterocycles. The molecule has 1 amide bonds. The largest absolute Gasteiger partial charge is 0.325 e. The maximum absolute atomic E-state index is 12.7. The first-order valence-corrected chi connectivity index (χ1v) is 9.15. The van der Waals surface area contributed by atoms with Gasteiger partial charge in [-0.2, -0.15) is 0 Å². The lowest BCUT2D eigenvalue weighted by molar-refractivity contribution is -0.116. The number of hydrogen-bond donors (Lipinski definition) is 1. The van der Waals surface area contributed by atoms with Gasteiger partial charge in [-0.1, -0.05) is 34.1 Å². The van der Waals surface area contributed by atoms with Crippen LogP contribution in [0.15, 0.2) is 64.1 Å². The fraction of sp³-hybridized carbons (Fsp3) is 0.0556. The van der Waals surface area contributed by atoms with Crippen molar-refractivity contribution < 1.29 is 4.79 Å². The Morgan fingerprint density at radius 3 is 2.72 bits per heavy atom. The molecule has 4 rings (SSSR count). The van der Waals surface area contributed by atoms with Gasteiger partial charge >= 0.3 is 0 Å². The van der Waals surface area contributed by atoms with Crippen LogP contribution in [0.5, 0.6) is 0 Å². The van der Waals surface area contributed by atoms with E-state index >= 15 is 0 Å². The summed E-state index contributed by atoms with van der Waals surface area (Å²) in [6, 6.07) is 15.0. The third-order valence-corrected chi connectivity index (χ3v) is 5.47. The molecule has 1 N–H and O–H groups in total. The number of anilines is 1. The van der Waals surface area contributed by atoms with Gasteiger partial charge in [0.1, 0.15) is 11.2 Å². The molecule has 0 unspecified atom stereocenters. The number of halogens is 1. The molecule has 2 heterocycles. The molecule has 0 aliphatic carbocycles. The van der Waals surface area contributed by atoms with Crippen LogP contribution in [0.3, 0.4) is 0 Å². The van der Waals surface area contributed by atoms with E-state index in [-0.39, 0.29) is 18.0 Å². The van der Waals surface area contributed by atoms with Crippen molar-refractivity contribution in [1.29, 1.82) is 0 Å². The van der Waals surface area contributed by atoms with Crippen LogP contribution >= 0.6 is 27.3 Å². The van der Waals surface area contributed by atoms with Gasteiger partial charge in [-0.15, -0.1) is 11.3 Å². The van der Waals surface area contributed by atoms with Gasteiger partial charge in [0, 0.05) is 20.2 Å². The van der Waals surface area contributed by atoms with E-state index in [1.165, 1.54) is 22.2 Å². The first-order valence-electron chi connectivity index (χ1n) is 7.54. The average molecular weight is 414 g/mol. The Morgan fingerprint density at radius 1 is 1.16 bits per heavy atom. The van der Waals surface area contributed by atoms with E-state index in [4.69, 9.17) is 0 Å². The molecule has 4 aromatic rings. The van der Waals surface area contributed by atoms with E-state index in [0.29, 0.717) is 15.9 Å². The summed E-state index contributed by atoms with van der Waals surface area (Å²) < 4.78 is 3.85. The first-order chi connectivity index (χ1) is 12.1. The highest BCUT2D eigenvalue weighted by Crippen LogP contribution is 2.29. The second-order valence-corrected chi connectivity index (χ2v) is 7.48. The minimum Gasteiger partial charge on any atom is -0.325 e. The van der Waals surface area contributed by atoms with Crippen LogP contribution in [-0.4, -0.2) is 15.5 Å². The highest BCUT2D eigenvalue weighted by molar-refractivity contribution is 9.10. The molecule has 0 saturated heterocycles. The molecule has 124 valence electrons. The Hall–Kier alpha value is -2.51. The third-order valence-electron chi connectivity index (χ3n) is 3.79. The Morgan fingerprint density at radius 2 is 1.92 bits per heavy atom. The molecule has 5 nitrogen and oxygen atoms in total. The molecule has 7 heteroatoms. The number of fused-ring (bicyclic) bond motifs is 3. The van der Waals surface area contributed by atoms with Crippen molar-refractivity contribution in [1.82, 2.24) is 9.55 Å². The Kier molecular flexibility index (Phi) is 4.10. The lowest BCUT2D eigenvalue weighted by atomic mass is 10.2. The normalized spacial score (nSPS) is 11.1. The Balaban J connectivity index is 1.64. The zero-order chi connectivity index (χ0) is 17.4. The molecule has 25 heavy (non-hydrogen) atoms. The number of carbonyl (C=O) groups excluding carboxylic acids is 1. The maximum atomic E-state index is 12.7. The smallest absolute Gasteiger partial charge is 0.271 e. The minimum absolute atomic E-state index is 0.0773. The molecule has 0 fully saturated rings. The summed E-state index contributed by atoms with van der Waals surface area (Å²) in [6.07, 6.45) is 1.44. The van der Waals surface area contributed by atoms with Crippen molar-refractivity contribution in [2.75, 3.05) is 5.32 Å². The standard InChI is InChI=1S/C18H12BrN3O2S/c19-11-5-7-12(8-6-11)21-15(23)9-22-10-20-16-13-3-1-2-4-14(13)25-17(16)18(22)24/h1-8,10H,9H2,(H,21,23). The second-order valence-electron chi connectivity index (χ2n) is 5.51. The minimum atomic E-state index is -0.272. The molecule has 0 spiro atoms. The van der Waals surface area contributed by atoms with Crippen LogP contribution in [0.1, 0.15) is 0 Å². The molecule has 2 aromatic heterocycles. The van der Waals surface area contributed by atoms with Crippen molar-refractivity contribution in [2.45, 2.75) is 6.54 Å². The SMILES string of the molecule is O=C(Cn1cnc2c(sc3ccccc32)c1=O)Nc1ccc(Br)cc1. The summed E-state index contributed by atoms with van der Waals surface area (Å²) in [6.45, 7) is -0.0773. The molecule has 0 atom stereocenters. The fourth-order valence-corrected chi connectivity index (χ4v) is 3.99. The third kappa shape index (κ3) is 3.08. The topological polar surface area (TPSA) is 64.0 Å². The summed E-state index contributed by atoms with van der Waals surface area (Å²) in [7, 11) is 0. The molecule has 2 aromatic carbocycles. The number of thiophene rings is 1. The van der Waals surface area contributed by atoms with Gasteiger partial charge in [0.25, 0.3) is 5.56 Å². The van der Waals surface area contributed by atoms with Gasteiger partial charge in [0.2, 0.25) is 5.91 Å². The molecular weight excluding hydrogens is 402 g/mol.